The molecule has 4 nitrogen and oxygen atoms in total. The van der Waals surface area contributed by atoms with Crippen LogP contribution in [-0.4, -0.2) is 17.1 Å². The molecule has 1 N–H and O–H groups in total. The SMILES string of the molecule is Cc1cc(C(=O)N[C@@H](C)Cc2cccs2)on1. The van der Waals surface area contributed by atoms with Crippen molar-refractivity contribution in [3.63, 3.8) is 0 Å². The van der Waals surface area contributed by atoms with E-state index in [9.17, 15) is 4.79 Å². The van der Waals surface area contributed by atoms with Gasteiger partial charge in [-0.3, -0.25) is 4.79 Å². The molecular formula is C12H14N2O2S. The lowest BCUT2D eigenvalue weighted by Gasteiger charge is -2.11. The Kier molecular flexibility index (Phi) is 3.58. The molecular weight excluding hydrogens is 236 g/mol. The highest BCUT2D eigenvalue weighted by Gasteiger charge is 2.14. The van der Waals surface area contributed by atoms with Gasteiger partial charge in [0.15, 0.2) is 0 Å². The van der Waals surface area contributed by atoms with Crippen molar-refractivity contribution in [3.05, 3.63) is 39.9 Å². The molecule has 2 aromatic rings. The maximum atomic E-state index is 11.8. The van der Waals surface area contributed by atoms with Gasteiger partial charge in [-0.05, 0) is 25.3 Å². The number of carbonyl (C=O) groups excluding carboxylic acids is 1. The predicted octanol–water partition coefficient (Wildman–Crippen LogP) is 2.41. The van der Waals surface area contributed by atoms with Gasteiger partial charge >= 0.3 is 0 Å². The van der Waals surface area contributed by atoms with Crippen LogP contribution in [0.15, 0.2) is 28.1 Å². The minimum absolute atomic E-state index is 0.0755. The van der Waals surface area contributed by atoms with E-state index in [4.69, 9.17) is 4.52 Å². The number of amides is 1. The average molecular weight is 250 g/mol. The molecule has 1 atom stereocenters. The zero-order valence-electron chi connectivity index (χ0n) is 9.77. The molecule has 5 heteroatoms. The van der Waals surface area contributed by atoms with Gasteiger partial charge in [-0.25, -0.2) is 0 Å². The molecule has 0 fully saturated rings. The van der Waals surface area contributed by atoms with Crippen LogP contribution in [0.2, 0.25) is 0 Å². The van der Waals surface area contributed by atoms with Crippen molar-refractivity contribution in [3.8, 4) is 0 Å². The summed E-state index contributed by atoms with van der Waals surface area (Å²) in [6.07, 6.45) is 0.830. The van der Waals surface area contributed by atoms with Crippen LogP contribution in [0.5, 0.6) is 0 Å². The molecule has 17 heavy (non-hydrogen) atoms. The molecule has 0 aliphatic heterocycles. The van der Waals surface area contributed by atoms with Crippen LogP contribution in [0.4, 0.5) is 0 Å². The Hall–Kier alpha value is -1.62. The van der Waals surface area contributed by atoms with Crippen LogP contribution in [0, 0.1) is 6.92 Å². The van der Waals surface area contributed by atoms with Gasteiger partial charge in [-0.2, -0.15) is 0 Å². The minimum atomic E-state index is -0.213. The van der Waals surface area contributed by atoms with Gasteiger partial charge < -0.3 is 9.84 Å². The summed E-state index contributed by atoms with van der Waals surface area (Å²) in [4.78, 5) is 13.0. The predicted molar refractivity (Wildman–Crippen MR) is 66.2 cm³/mol. The van der Waals surface area contributed by atoms with Crippen LogP contribution in [0.1, 0.15) is 28.0 Å². The number of hydrogen-bond donors (Lipinski definition) is 1. The zero-order valence-corrected chi connectivity index (χ0v) is 10.6. The number of nitrogens with one attached hydrogen (secondary N) is 1. The van der Waals surface area contributed by atoms with Crippen molar-refractivity contribution in [2.45, 2.75) is 26.3 Å². The van der Waals surface area contributed by atoms with Gasteiger partial charge in [-0.15, -0.1) is 11.3 Å². The van der Waals surface area contributed by atoms with E-state index in [1.165, 1.54) is 4.88 Å². The van der Waals surface area contributed by atoms with Crippen LogP contribution >= 0.6 is 11.3 Å². The maximum Gasteiger partial charge on any atom is 0.290 e. The summed E-state index contributed by atoms with van der Waals surface area (Å²) in [5, 5.41) is 8.60. The smallest absolute Gasteiger partial charge is 0.290 e. The fourth-order valence-corrected chi connectivity index (χ4v) is 2.38. The Morgan fingerprint density at radius 2 is 2.47 bits per heavy atom. The summed E-state index contributed by atoms with van der Waals surface area (Å²) < 4.78 is 4.90. The van der Waals surface area contributed by atoms with E-state index in [2.05, 4.69) is 16.5 Å². The van der Waals surface area contributed by atoms with E-state index < -0.39 is 0 Å². The lowest BCUT2D eigenvalue weighted by Crippen LogP contribution is -2.33. The monoisotopic (exact) mass is 250 g/mol. The number of nitrogens with zero attached hydrogens (tertiary/aromatic N) is 1. The molecule has 2 heterocycles. The molecule has 0 aliphatic rings. The fourth-order valence-electron chi connectivity index (χ4n) is 1.55. The molecule has 0 aliphatic carbocycles. The molecule has 0 saturated carbocycles. The molecule has 2 aromatic heterocycles. The second-order valence-electron chi connectivity index (χ2n) is 3.99. The van der Waals surface area contributed by atoms with E-state index in [-0.39, 0.29) is 17.7 Å². The highest BCUT2D eigenvalue weighted by Crippen LogP contribution is 2.11. The van der Waals surface area contributed by atoms with Crippen LogP contribution in [-0.2, 0) is 6.42 Å². The number of aryl methyl sites for hydroxylation is 1. The standard InChI is InChI=1S/C12H14N2O2S/c1-8(6-10-4-3-5-17-10)13-12(15)11-7-9(2)14-16-11/h3-5,7-8H,6H2,1-2H3,(H,13,15)/t8-/m0/s1. The lowest BCUT2D eigenvalue weighted by atomic mass is 10.2. The Bertz CT molecular complexity index is 490. The Balaban J connectivity index is 1.90. The van der Waals surface area contributed by atoms with Crippen molar-refractivity contribution >= 4 is 17.2 Å². The van der Waals surface area contributed by atoms with Crippen molar-refractivity contribution in [1.82, 2.24) is 10.5 Å². The summed E-state index contributed by atoms with van der Waals surface area (Å²) in [5.74, 6) is 0.0511. The summed E-state index contributed by atoms with van der Waals surface area (Å²) in [6, 6.07) is 5.78. The summed E-state index contributed by atoms with van der Waals surface area (Å²) >= 11 is 1.69. The van der Waals surface area contributed by atoms with E-state index in [0.29, 0.717) is 5.69 Å². The van der Waals surface area contributed by atoms with Gasteiger partial charge in [0.05, 0.1) is 5.69 Å². The van der Waals surface area contributed by atoms with E-state index >= 15 is 0 Å². The first-order valence-corrected chi connectivity index (χ1v) is 6.29. The largest absolute Gasteiger partial charge is 0.351 e. The second-order valence-corrected chi connectivity index (χ2v) is 5.02. The van der Waals surface area contributed by atoms with Crippen molar-refractivity contribution in [1.29, 1.82) is 0 Å². The van der Waals surface area contributed by atoms with Gasteiger partial charge in [0, 0.05) is 23.4 Å². The minimum Gasteiger partial charge on any atom is -0.351 e. The third-order valence-corrected chi connectivity index (χ3v) is 3.22. The summed E-state index contributed by atoms with van der Waals surface area (Å²) in [7, 11) is 0. The van der Waals surface area contributed by atoms with E-state index in [0.717, 1.165) is 6.42 Å². The lowest BCUT2D eigenvalue weighted by molar-refractivity contribution is 0.0903. The normalized spacial score (nSPS) is 12.4. The van der Waals surface area contributed by atoms with Crippen LogP contribution in [0.3, 0.4) is 0 Å². The number of rotatable bonds is 4. The second kappa shape index (κ2) is 5.14. The molecule has 0 bridgehead atoms. The molecule has 0 saturated heterocycles. The number of hydrogen-bond acceptors (Lipinski definition) is 4. The average Bonchev–Trinajstić information content (AvgIpc) is 2.89. The quantitative estimate of drug-likeness (QED) is 0.906. The Morgan fingerprint density at radius 3 is 3.06 bits per heavy atom. The first-order chi connectivity index (χ1) is 8.15. The third-order valence-electron chi connectivity index (χ3n) is 2.32. The maximum absolute atomic E-state index is 11.8. The zero-order chi connectivity index (χ0) is 12.3. The van der Waals surface area contributed by atoms with Crippen molar-refractivity contribution in [2.75, 3.05) is 0 Å². The number of aromatic nitrogens is 1. The molecule has 0 aromatic carbocycles. The number of thiophene rings is 1. The molecule has 90 valence electrons. The highest BCUT2D eigenvalue weighted by molar-refractivity contribution is 7.09. The number of carbonyl (C=O) groups is 1. The summed E-state index contributed by atoms with van der Waals surface area (Å²) in [5.41, 5.74) is 0.709. The van der Waals surface area contributed by atoms with Gasteiger partial charge in [-0.1, -0.05) is 11.2 Å². The molecule has 1 amide bonds. The van der Waals surface area contributed by atoms with Crippen molar-refractivity contribution in [2.24, 2.45) is 0 Å². The fraction of sp³-hybridized carbons (Fsp3) is 0.333. The van der Waals surface area contributed by atoms with Gasteiger partial charge in [0.25, 0.3) is 5.91 Å². The van der Waals surface area contributed by atoms with Crippen LogP contribution < -0.4 is 5.32 Å². The van der Waals surface area contributed by atoms with E-state index in [1.54, 1.807) is 24.3 Å². The van der Waals surface area contributed by atoms with Gasteiger partial charge in [0.1, 0.15) is 0 Å². The molecule has 2 rings (SSSR count). The van der Waals surface area contributed by atoms with E-state index in [1.807, 2.05) is 18.4 Å². The first kappa shape index (κ1) is 11.9. The molecule has 0 unspecified atom stereocenters. The molecule has 0 spiro atoms. The third kappa shape index (κ3) is 3.17. The Labute approximate surface area is 104 Å². The highest BCUT2D eigenvalue weighted by atomic mass is 32.1. The summed E-state index contributed by atoms with van der Waals surface area (Å²) in [6.45, 7) is 3.76. The van der Waals surface area contributed by atoms with Crippen molar-refractivity contribution < 1.29 is 9.32 Å². The first-order valence-electron chi connectivity index (χ1n) is 5.41. The Morgan fingerprint density at radius 1 is 1.65 bits per heavy atom. The van der Waals surface area contributed by atoms with Crippen LogP contribution in [0.25, 0.3) is 0 Å². The topological polar surface area (TPSA) is 55.1 Å². The van der Waals surface area contributed by atoms with Gasteiger partial charge in [0.2, 0.25) is 5.76 Å². The molecule has 0 radical (unpaired) electrons.